The predicted octanol–water partition coefficient (Wildman–Crippen LogP) is 3.65. The van der Waals surface area contributed by atoms with Crippen molar-refractivity contribution in [3.63, 3.8) is 0 Å². The SMILES string of the molecule is Nc1cc(Cl)c(Oc2ccc3c(c2)CCNC3=O)c(Cl)c1. The lowest BCUT2D eigenvalue weighted by Crippen LogP contribution is -2.31. The summed E-state index contributed by atoms with van der Waals surface area (Å²) in [6.45, 7) is 0.624. The number of fused-ring (bicyclic) bond motifs is 1. The lowest BCUT2D eigenvalue weighted by Gasteiger charge is -2.18. The van der Waals surface area contributed by atoms with Crippen molar-refractivity contribution in [1.82, 2.24) is 5.32 Å². The quantitative estimate of drug-likeness (QED) is 0.829. The summed E-state index contributed by atoms with van der Waals surface area (Å²) >= 11 is 12.2. The molecule has 21 heavy (non-hydrogen) atoms. The molecule has 0 spiro atoms. The van der Waals surface area contributed by atoms with E-state index in [-0.39, 0.29) is 5.91 Å². The van der Waals surface area contributed by atoms with Crippen LogP contribution in [0.15, 0.2) is 30.3 Å². The molecule has 0 atom stereocenters. The van der Waals surface area contributed by atoms with Gasteiger partial charge in [0.05, 0.1) is 10.0 Å². The van der Waals surface area contributed by atoms with Gasteiger partial charge in [0.2, 0.25) is 0 Å². The molecular formula is C15H12Cl2N2O2. The highest BCUT2D eigenvalue weighted by Gasteiger charge is 2.18. The van der Waals surface area contributed by atoms with Gasteiger partial charge in [-0.05, 0) is 42.3 Å². The summed E-state index contributed by atoms with van der Waals surface area (Å²) in [6.07, 6.45) is 0.765. The third-order valence-corrected chi connectivity index (χ3v) is 3.80. The molecule has 0 aromatic heterocycles. The van der Waals surface area contributed by atoms with Crippen molar-refractivity contribution in [3.05, 3.63) is 51.5 Å². The second-order valence-electron chi connectivity index (χ2n) is 4.74. The Balaban J connectivity index is 1.94. The maximum Gasteiger partial charge on any atom is 0.251 e. The molecule has 4 nitrogen and oxygen atoms in total. The van der Waals surface area contributed by atoms with E-state index in [9.17, 15) is 4.79 Å². The number of anilines is 1. The van der Waals surface area contributed by atoms with E-state index in [0.717, 1.165) is 12.0 Å². The lowest BCUT2D eigenvalue weighted by molar-refractivity contribution is 0.0946. The summed E-state index contributed by atoms with van der Waals surface area (Å²) in [5.41, 5.74) is 7.74. The zero-order valence-corrected chi connectivity index (χ0v) is 12.5. The van der Waals surface area contributed by atoms with Crippen molar-refractivity contribution in [1.29, 1.82) is 0 Å². The largest absolute Gasteiger partial charge is 0.454 e. The Hall–Kier alpha value is -1.91. The Morgan fingerprint density at radius 1 is 1.14 bits per heavy atom. The van der Waals surface area contributed by atoms with Gasteiger partial charge in [-0.25, -0.2) is 0 Å². The van der Waals surface area contributed by atoms with E-state index in [4.69, 9.17) is 33.7 Å². The first kappa shape index (κ1) is 14.0. The minimum absolute atomic E-state index is 0.0636. The van der Waals surface area contributed by atoms with Gasteiger partial charge in [0.15, 0.2) is 5.75 Å². The fourth-order valence-electron chi connectivity index (χ4n) is 2.26. The Labute approximate surface area is 131 Å². The second-order valence-corrected chi connectivity index (χ2v) is 5.55. The van der Waals surface area contributed by atoms with E-state index >= 15 is 0 Å². The molecule has 0 fully saturated rings. The smallest absolute Gasteiger partial charge is 0.251 e. The molecule has 1 aliphatic rings. The molecule has 1 aliphatic heterocycles. The van der Waals surface area contributed by atoms with E-state index in [0.29, 0.717) is 39.3 Å². The number of nitrogens with two attached hydrogens (primary N) is 1. The number of carbonyl (C=O) groups is 1. The van der Waals surface area contributed by atoms with Crippen LogP contribution in [-0.2, 0) is 6.42 Å². The molecule has 3 rings (SSSR count). The van der Waals surface area contributed by atoms with Crippen LogP contribution in [0.4, 0.5) is 5.69 Å². The van der Waals surface area contributed by atoms with Crippen molar-refractivity contribution in [2.45, 2.75) is 6.42 Å². The summed E-state index contributed by atoms with van der Waals surface area (Å²) in [4.78, 5) is 11.7. The van der Waals surface area contributed by atoms with Crippen molar-refractivity contribution in [3.8, 4) is 11.5 Å². The van der Waals surface area contributed by atoms with Gasteiger partial charge in [-0.2, -0.15) is 0 Å². The molecule has 1 amide bonds. The van der Waals surface area contributed by atoms with E-state index in [2.05, 4.69) is 5.32 Å². The highest BCUT2D eigenvalue weighted by molar-refractivity contribution is 6.37. The van der Waals surface area contributed by atoms with E-state index in [1.165, 1.54) is 0 Å². The maximum absolute atomic E-state index is 11.7. The fraction of sp³-hybridized carbons (Fsp3) is 0.133. The van der Waals surface area contributed by atoms with Crippen molar-refractivity contribution >= 4 is 34.8 Å². The molecule has 1 heterocycles. The van der Waals surface area contributed by atoms with Gasteiger partial charge >= 0.3 is 0 Å². The zero-order chi connectivity index (χ0) is 15.0. The normalized spacial score (nSPS) is 13.5. The zero-order valence-electron chi connectivity index (χ0n) is 11.0. The number of benzene rings is 2. The fourth-order valence-corrected chi connectivity index (χ4v) is 2.84. The first-order valence-electron chi connectivity index (χ1n) is 6.38. The molecule has 108 valence electrons. The Kier molecular flexibility index (Phi) is 3.66. The number of carbonyl (C=O) groups excluding carboxylic acids is 1. The van der Waals surface area contributed by atoms with Crippen molar-refractivity contribution < 1.29 is 9.53 Å². The first-order valence-corrected chi connectivity index (χ1v) is 7.13. The van der Waals surface area contributed by atoms with Gasteiger partial charge in [-0.3, -0.25) is 4.79 Å². The number of ether oxygens (including phenoxy) is 1. The van der Waals surface area contributed by atoms with Crippen molar-refractivity contribution in [2.24, 2.45) is 0 Å². The Bertz CT molecular complexity index is 709. The number of halogens is 2. The number of hydrogen-bond acceptors (Lipinski definition) is 3. The van der Waals surface area contributed by atoms with E-state index in [1.54, 1.807) is 24.3 Å². The van der Waals surface area contributed by atoms with Gasteiger partial charge in [0, 0.05) is 17.8 Å². The molecule has 0 aliphatic carbocycles. The van der Waals surface area contributed by atoms with Gasteiger partial charge < -0.3 is 15.8 Å². The highest BCUT2D eigenvalue weighted by atomic mass is 35.5. The van der Waals surface area contributed by atoms with Crippen LogP contribution < -0.4 is 15.8 Å². The van der Waals surface area contributed by atoms with Crippen LogP contribution in [0.2, 0.25) is 10.0 Å². The third kappa shape index (κ3) is 2.77. The van der Waals surface area contributed by atoms with E-state index in [1.807, 2.05) is 6.07 Å². The summed E-state index contributed by atoms with van der Waals surface area (Å²) in [6, 6.07) is 8.44. The molecule has 0 bridgehead atoms. The van der Waals surface area contributed by atoms with Crippen LogP contribution in [-0.4, -0.2) is 12.5 Å². The number of nitrogen functional groups attached to an aromatic ring is 1. The standard InChI is InChI=1S/C15H12Cl2N2O2/c16-12-6-9(18)7-13(17)14(12)21-10-1-2-11-8(5-10)3-4-19-15(11)20/h1-2,5-7H,3-4,18H2,(H,19,20). The van der Waals surface area contributed by atoms with E-state index < -0.39 is 0 Å². The Morgan fingerprint density at radius 2 is 1.86 bits per heavy atom. The molecule has 6 heteroatoms. The molecular weight excluding hydrogens is 311 g/mol. The Morgan fingerprint density at radius 3 is 2.57 bits per heavy atom. The summed E-state index contributed by atoms with van der Waals surface area (Å²) in [7, 11) is 0. The first-order chi connectivity index (χ1) is 10.0. The topological polar surface area (TPSA) is 64.3 Å². The molecule has 2 aromatic carbocycles. The molecule has 0 unspecified atom stereocenters. The maximum atomic E-state index is 11.7. The van der Waals surface area contributed by atoms with Crippen LogP contribution in [0.5, 0.6) is 11.5 Å². The van der Waals surface area contributed by atoms with Gasteiger partial charge in [0.1, 0.15) is 5.75 Å². The minimum Gasteiger partial charge on any atom is -0.454 e. The van der Waals surface area contributed by atoms with Gasteiger partial charge in [-0.1, -0.05) is 23.2 Å². The van der Waals surface area contributed by atoms with Gasteiger partial charge in [-0.15, -0.1) is 0 Å². The molecule has 0 saturated carbocycles. The third-order valence-electron chi connectivity index (χ3n) is 3.24. The number of nitrogens with one attached hydrogen (secondary N) is 1. The van der Waals surface area contributed by atoms with Gasteiger partial charge in [0.25, 0.3) is 5.91 Å². The number of hydrogen-bond donors (Lipinski definition) is 2. The molecule has 0 radical (unpaired) electrons. The highest BCUT2D eigenvalue weighted by Crippen LogP contribution is 2.38. The van der Waals surface area contributed by atoms with Crippen LogP contribution in [0.1, 0.15) is 15.9 Å². The average Bonchev–Trinajstić information content (AvgIpc) is 2.43. The van der Waals surface area contributed by atoms with Crippen LogP contribution in [0.25, 0.3) is 0 Å². The number of amides is 1. The summed E-state index contributed by atoms with van der Waals surface area (Å²) < 4.78 is 5.75. The lowest BCUT2D eigenvalue weighted by atomic mass is 10.0. The summed E-state index contributed by atoms with van der Waals surface area (Å²) in [5, 5.41) is 3.48. The average molecular weight is 323 g/mol. The molecule has 3 N–H and O–H groups in total. The van der Waals surface area contributed by atoms with Crippen LogP contribution in [0, 0.1) is 0 Å². The molecule has 2 aromatic rings. The predicted molar refractivity (Wildman–Crippen MR) is 83.4 cm³/mol. The monoisotopic (exact) mass is 322 g/mol. The van der Waals surface area contributed by atoms with Crippen LogP contribution in [0.3, 0.4) is 0 Å². The summed E-state index contributed by atoms with van der Waals surface area (Å²) in [5.74, 6) is 0.871. The second kappa shape index (κ2) is 5.47. The number of rotatable bonds is 2. The minimum atomic E-state index is -0.0636. The van der Waals surface area contributed by atoms with Crippen LogP contribution >= 0.6 is 23.2 Å². The molecule has 0 saturated heterocycles. The van der Waals surface area contributed by atoms with Crippen molar-refractivity contribution in [2.75, 3.05) is 12.3 Å².